The SMILES string of the molecule is C/C=C\C=C(/N=C(C)CC)n1ccnn1. The molecule has 1 heterocycles. The molecule has 0 aliphatic heterocycles. The highest BCUT2D eigenvalue weighted by molar-refractivity contribution is 5.85. The van der Waals surface area contributed by atoms with E-state index in [0.717, 1.165) is 18.0 Å². The Bertz CT molecular complexity index is 371. The first-order valence-electron chi connectivity index (χ1n) is 5.01. The average Bonchev–Trinajstić information content (AvgIpc) is 2.77. The first-order chi connectivity index (χ1) is 7.27. The number of aromatic nitrogens is 3. The van der Waals surface area contributed by atoms with Gasteiger partial charge < -0.3 is 0 Å². The number of allylic oxidation sites excluding steroid dienone is 3. The van der Waals surface area contributed by atoms with Crippen LogP contribution in [0.3, 0.4) is 0 Å². The van der Waals surface area contributed by atoms with Gasteiger partial charge in [0, 0.05) is 5.71 Å². The van der Waals surface area contributed by atoms with Gasteiger partial charge in [0.05, 0.1) is 12.4 Å². The fourth-order valence-corrected chi connectivity index (χ4v) is 0.952. The summed E-state index contributed by atoms with van der Waals surface area (Å²) in [6, 6.07) is 0. The third-order valence-electron chi connectivity index (χ3n) is 1.91. The first-order valence-corrected chi connectivity index (χ1v) is 5.01. The van der Waals surface area contributed by atoms with Crippen LogP contribution in [0, 0.1) is 0 Å². The van der Waals surface area contributed by atoms with Gasteiger partial charge in [-0.15, -0.1) is 5.10 Å². The van der Waals surface area contributed by atoms with E-state index in [1.807, 2.05) is 32.1 Å². The molecule has 0 aromatic carbocycles. The summed E-state index contributed by atoms with van der Waals surface area (Å²) >= 11 is 0. The lowest BCUT2D eigenvalue weighted by atomic mass is 10.3. The lowest BCUT2D eigenvalue weighted by molar-refractivity contribution is 0.809. The Morgan fingerprint density at radius 3 is 2.87 bits per heavy atom. The molecule has 0 atom stereocenters. The van der Waals surface area contributed by atoms with E-state index in [0.29, 0.717) is 0 Å². The van der Waals surface area contributed by atoms with Crippen LogP contribution in [0.15, 0.2) is 35.6 Å². The van der Waals surface area contributed by atoms with Crippen LogP contribution in [-0.2, 0) is 0 Å². The van der Waals surface area contributed by atoms with Crippen molar-refractivity contribution in [2.75, 3.05) is 0 Å². The van der Waals surface area contributed by atoms with Crippen molar-refractivity contribution in [2.24, 2.45) is 4.99 Å². The molecule has 0 saturated carbocycles. The average molecular weight is 204 g/mol. The van der Waals surface area contributed by atoms with E-state index >= 15 is 0 Å². The van der Waals surface area contributed by atoms with E-state index in [1.165, 1.54) is 0 Å². The van der Waals surface area contributed by atoms with E-state index in [2.05, 4.69) is 22.2 Å². The minimum absolute atomic E-state index is 0.782. The summed E-state index contributed by atoms with van der Waals surface area (Å²) in [6.45, 7) is 6.04. The summed E-state index contributed by atoms with van der Waals surface area (Å²) in [7, 11) is 0. The molecule has 4 nitrogen and oxygen atoms in total. The summed E-state index contributed by atoms with van der Waals surface area (Å²) in [5.74, 6) is 0.782. The molecule has 1 rings (SSSR count). The van der Waals surface area contributed by atoms with Gasteiger partial charge in [0.25, 0.3) is 0 Å². The molecular weight excluding hydrogens is 188 g/mol. The predicted molar refractivity (Wildman–Crippen MR) is 62.5 cm³/mol. The van der Waals surface area contributed by atoms with Gasteiger partial charge in [-0.1, -0.05) is 24.3 Å². The Balaban J connectivity index is 2.99. The van der Waals surface area contributed by atoms with Gasteiger partial charge in [-0.25, -0.2) is 9.67 Å². The Kier molecular flexibility index (Phi) is 4.47. The molecule has 0 bridgehead atoms. The molecule has 0 aliphatic carbocycles. The van der Waals surface area contributed by atoms with Crippen molar-refractivity contribution < 1.29 is 0 Å². The van der Waals surface area contributed by atoms with Crippen molar-refractivity contribution in [3.63, 3.8) is 0 Å². The third kappa shape index (κ3) is 3.50. The minimum Gasteiger partial charge on any atom is -0.238 e. The monoisotopic (exact) mass is 204 g/mol. The molecule has 0 fully saturated rings. The Hall–Kier alpha value is -1.71. The van der Waals surface area contributed by atoms with Gasteiger partial charge in [-0.3, -0.25) is 0 Å². The maximum absolute atomic E-state index is 4.46. The number of hydrogen-bond acceptors (Lipinski definition) is 3. The molecule has 1 aromatic rings. The van der Waals surface area contributed by atoms with Crippen molar-refractivity contribution in [3.05, 3.63) is 30.6 Å². The van der Waals surface area contributed by atoms with Crippen LogP contribution in [0.1, 0.15) is 27.2 Å². The number of aliphatic imine (C=N–C) groups is 1. The van der Waals surface area contributed by atoms with Gasteiger partial charge >= 0.3 is 0 Å². The highest BCUT2D eigenvalue weighted by Crippen LogP contribution is 2.05. The molecule has 0 aliphatic rings. The number of hydrogen-bond donors (Lipinski definition) is 0. The van der Waals surface area contributed by atoms with E-state index in [1.54, 1.807) is 17.1 Å². The Labute approximate surface area is 90.0 Å². The zero-order valence-electron chi connectivity index (χ0n) is 9.38. The fraction of sp³-hybridized carbons (Fsp3) is 0.364. The van der Waals surface area contributed by atoms with Crippen molar-refractivity contribution >= 4 is 11.5 Å². The highest BCUT2D eigenvalue weighted by Gasteiger charge is 1.98. The van der Waals surface area contributed by atoms with E-state index in [9.17, 15) is 0 Å². The van der Waals surface area contributed by atoms with E-state index in [-0.39, 0.29) is 0 Å². The summed E-state index contributed by atoms with van der Waals surface area (Å²) in [6.07, 6.45) is 10.1. The molecule has 4 heteroatoms. The molecule has 0 radical (unpaired) electrons. The summed E-state index contributed by atoms with van der Waals surface area (Å²) in [5, 5.41) is 7.68. The minimum atomic E-state index is 0.782. The molecule has 80 valence electrons. The molecule has 0 saturated heterocycles. The second-order valence-corrected chi connectivity index (χ2v) is 3.10. The molecule has 0 N–H and O–H groups in total. The van der Waals surface area contributed by atoms with Crippen LogP contribution in [0.4, 0.5) is 0 Å². The van der Waals surface area contributed by atoms with E-state index in [4.69, 9.17) is 0 Å². The van der Waals surface area contributed by atoms with Crippen molar-refractivity contribution in [3.8, 4) is 0 Å². The summed E-state index contributed by atoms with van der Waals surface area (Å²) in [5.41, 5.74) is 1.07. The van der Waals surface area contributed by atoms with Crippen LogP contribution >= 0.6 is 0 Å². The summed E-state index contributed by atoms with van der Waals surface area (Å²) < 4.78 is 1.65. The van der Waals surface area contributed by atoms with Crippen LogP contribution in [0.5, 0.6) is 0 Å². The normalized spacial score (nSPS) is 13.8. The van der Waals surface area contributed by atoms with Gasteiger partial charge in [0.2, 0.25) is 0 Å². The number of nitrogens with zero attached hydrogens (tertiary/aromatic N) is 4. The molecule has 0 spiro atoms. The molecular formula is C11H16N4. The van der Waals surface area contributed by atoms with Gasteiger partial charge in [-0.2, -0.15) is 0 Å². The maximum atomic E-state index is 4.46. The van der Waals surface area contributed by atoms with Gasteiger partial charge in [-0.05, 0) is 26.3 Å². The largest absolute Gasteiger partial charge is 0.238 e. The topological polar surface area (TPSA) is 43.1 Å². The molecule has 1 aromatic heterocycles. The highest BCUT2D eigenvalue weighted by atomic mass is 15.4. The Morgan fingerprint density at radius 1 is 1.53 bits per heavy atom. The zero-order valence-corrected chi connectivity index (χ0v) is 9.38. The van der Waals surface area contributed by atoms with E-state index < -0.39 is 0 Å². The molecule has 0 unspecified atom stereocenters. The summed E-state index contributed by atoms with van der Waals surface area (Å²) in [4.78, 5) is 4.46. The standard InChI is InChI=1S/C11H16N4/c1-4-6-7-11(13-10(3)5-2)15-9-8-12-14-15/h4,6-9H,5H2,1-3H3/b6-4-,11-7+,13-10?. The third-order valence-corrected chi connectivity index (χ3v) is 1.91. The smallest absolute Gasteiger partial charge is 0.154 e. The molecule has 15 heavy (non-hydrogen) atoms. The predicted octanol–water partition coefficient (Wildman–Crippen LogP) is 2.52. The van der Waals surface area contributed by atoms with Gasteiger partial charge in [0.1, 0.15) is 0 Å². The maximum Gasteiger partial charge on any atom is 0.154 e. The van der Waals surface area contributed by atoms with Crippen LogP contribution in [0.25, 0.3) is 5.82 Å². The van der Waals surface area contributed by atoms with Crippen LogP contribution in [0.2, 0.25) is 0 Å². The molecule has 0 amide bonds. The Morgan fingerprint density at radius 2 is 2.33 bits per heavy atom. The lowest BCUT2D eigenvalue weighted by Crippen LogP contribution is -1.99. The van der Waals surface area contributed by atoms with Crippen molar-refractivity contribution in [2.45, 2.75) is 27.2 Å². The number of rotatable bonds is 4. The second-order valence-electron chi connectivity index (χ2n) is 3.10. The lowest BCUT2D eigenvalue weighted by Gasteiger charge is -2.01. The van der Waals surface area contributed by atoms with Crippen molar-refractivity contribution in [1.29, 1.82) is 0 Å². The van der Waals surface area contributed by atoms with Crippen molar-refractivity contribution in [1.82, 2.24) is 15.0 Å². The second kappa shape index (κ2) is 5.90. The first kappa shape index (κ1) is 11.4. The van der Waals surface area contributed by atoms with Gasteiger partial charge in [0.15, 0.2) is 5.82 Å². The quantitative estimate of drug-likeness (QED) is 0.558. The zero-order chi connectivity index (χ0) is 11.1. The fourth-order valence-electron chi connectivity index (χ4n) is 0.952. The van der Waals surface area contributed by atoms with Crippen LogP contribution in [-0.4, -0.2) is 20.7 Å². The van der Waals surface area contributed by atoms with Crippen LogP contribution < -0.4 is 0 Å².